The molecule has 0 spiro atoms. The van der Waals surface area contributed by atoms with Crippen molar-refractivity contribution in [3.05, 3.63) is 16.1 Å². The zero-order valence-electron chi connectivity index (χ0n) is 9.84. The molecule has 1 N–H and O–H groups in total. The Morgan fingerprint density at radius 2 is 2.38 bits per heavy atom. The maximum Gasteiger partial charge on any atom is 0.271 e. The van der Waals surface area contributed by atoms with Gasteiger partial charge in [0, 0.05) is 16.2 Å². The Hall–Kier alpha value is -0.420. The molecule has 0 radical (unpaired) electrons. The van der Waals surface area contributed by atoms with E-state index in [9.17, 15) is 4.79 Å². The van der Waals surface area contributed by atoms with Crippen LogP contribution >= 0.6 is 27.3 Å². The molecule has 0 saturated heterocycles. The van der Waals surface area contributed by atoms with Crippen LogP contribution < -0.4 is 5.32 Å². The number of alkyl halides is 1. The van der Waals surface area contributed by atoms with E-state index in [0.717, 1.165) is 23.2 Å². The summed E-state index contributed by atoms with van der Waals surface area (Å²) in [6.07, 6.45) is 1.83. The molecule has 3 nitrogen and oxygen atoms in total. The van der Waals surface area contributed by atoms with E-state index in [1.165, 1.54) is 11.3 Å². The van der Waals surface area contributed by atoms with Gasteiger partial charge in [-0.1, -0.05) is 22.9 Å². The fraction of sp³-hybridized carbons (Fsp3) is 0.636. The molecule has 0 bridgehead atoms. The number of nitrogens with zero attached hydrogens (tertiary/aromatic N) is 1. The molecule has 1 aromatic heterocycles. The molecule has 1 amide bonds. The van der Waals surface area contributed by atoms with E-state index in [1.807, 2.05) is 6.92 Å². The molecule has 0 aliphatic heterocycles. The summed E-state index contributed by atoms with van der Waals surface area (Å²) in [5, 5.41) is 6.65. The van der Waals surface area contributed by atoms with E-state index >= 15 is 0 Å². The maximum absolute atomic E-state index is 11.9. The zero-order valence-corrected chi connectivity index (χ0v) is 12.2. The van der Waals surface area contributed by atoms with E-state index in [2.05, 4.69) is 40.1 Å². The van der Waals surface area contributed by atoms with E-state index in [1.54, 1.807) is 5.38 Å². The number of nitrogens with one attached hydrogen (secondary N) is 1. The summed E-state index contributed by atoms with van der Waals surface area (Å²) in [5.74, 6) is -0.0744. The fourth-order valence-corrected chi connectivity index (χ4v) is 2.81. The third-order valence-corrected chi connectivity index (χ3v) is 3.86. The first-order valence-corrected chi connectivity index (χ1v) is 7.31. The van der Waals surface area contributed by atoms with Gasteiger partial charge >= 0.3 is 0 Å². The van der Waals surface area contributed by atoms with Crippen LogP contribution in [0, 0.1) is 6.92 Å². The molecule has 0 aliphatic carbocycles. The smallest absolute Gasteiger partial charge is 0.271 e. The van der Waals surface area contributed by atoms with Crippen LogP contribution in [-0.2, 0) is 0 Å². The van der Waals surface area contributed by atoms with Crippen LogP contribution in [0.5, 0.6) is 0 Å². The summed E-state index contributed by atoms with van der Waals surface area (Å²) in [4.78, 5) is 16.1. The van der Waals surface area contributed by atoms with Gasteiger partial charge in [-0.05, 0) is 26.7 Å². The topological polar surface area (TPSA) is 42.0 Å². The zero-order chi connectivity index (χ0) is 12.2. The van der Waals surface area contributed by atoms with Crippen molar-refractivity contribution in [3.63, 3.8) is 0 Å². The summed E-state index contributed by atoms with van der Waals surface area (Å²) in [5.41, 5.74) is 0.370. The highest BCUT2D eigenvalue weighted by atomic mass is 79.9. The van der Waals surface area contributed by atoms with Gasteiger partial charge in [0.25, 0.3) is 5.91 Å². The minimum absolute atomic E-state index is 0.0744. The third kappa shape index (κ3) is 3.56. The molecule has 16 heavy (non-hydrogen) atoms. The lowest BCUT2D eigenvalue weighted by molar-refractivity contribution is 0.0897. The van der Waals surface area contributed by atoms with Gasteiger partial charge in [-0.25, -0.2) is 4.98 Å². The first kappa shape index (κ1) is 13.6. The van der Waals surface area contributed by atoms with Crippen molar-refractivity contribution in [2.24, 2.45) is 0 Å². The summed E-state index contributed by atoms with van der Waals surface area (Å²) in [6.45, 7) is 6.04. The van der Waals surface area contributed by atoms with Gasteiger partial charge in [0.05, 0.1) is 5.01 Å². The van der Waals surface area contributed by atoms with E-state index in [4.69, 9.17) is 0 Å². The van der Waals surface area contributed by atoms with Gasteiger partial charge in [0.15, 0.2) is 0 Å². The van der Waals surface area contributed by atoms with Gasteiger partial charge in [-0.2, -0.15) is 0 Å². The first-order chi connectivity index (χ1) is 7.50. The Labute approximate surface area is 109 Å². The van der Waals surface area contributed by atoms with Crippen molar-refractivity contribution in [2.75, 3.05) is 5.33 Å². The van der Waals surface area contributed by atoms with Crippen molar-refractivity contribution in [1.82, 2.24) is 10.3 Å². The van der Waals surface area contributed by atoms with Crippen LogP contribution in [0.15, 0.2) is 5.38 Å². The number of hydrogen-bond donors (Lipinski definition) is 1. The Kier molecular flexibility index (Phi) is 4.92. The van der Waals surface area contributed by atoms with Gasteiger partial charge in [-0.15, -0.1) is 11.3 Å². The highest BCUT2D eigenvalue weighted by molar-refractivity contribution is 9.09. The van der Waals surface area contributed by atoms with E-state index < -0.39 is 0 Å². The normalized spacial score (nSPS) is 14.5. The van der Waals surface area contributed by atoms with Gasteiger partial charge in [0.2, 0.25) is 0 Å². The first-order valence-electron chi connectivity index (χ1n) is 5.31. The average Bonchev–Trinajstić information content (AvgIpc) is 2.65. The largest absolute Gasteiger partial charge is 0.346 e. The average molecular weight is 305 g/mol. The second-order valence-electron chi connectivity index (χ2n) is 4.06. The van der Waals surface area contributed by atoms with Gasteiger partial charge < -0.3 is 5.32 Å². The molecule has 1 atom stereocenters. The minimum Gasteiger partial charge on any atom is -0.346 e. The van der Waals surface area contributed by atoms with Crippen molar-refractivity contribution < 1.29 is 4.79 Å². The van der Waals surface area contributed by atoms with Crippen LogP contribution in [0.2, 0.25) is 0 Å². The molecule has 1 unspecified atom stereocenters. The fourth-order valence-electron chi connectivity index (χ4n) is 1.34. The number of thiazole rings is 1. The van der Waals surface area contributed by atoms with Crippen LogP contribution in [0.3, 0.4) is 0 Å². The predicted molar refractivity (Wildman–Crippen MR) is 71.4 cm³/mol. The predicted octanol–water partition coefficient (Wildman–Crippen LogP) is 3.14. The summed E-state index contributed by atoms with van der Waals surface area (Å²) < 4.78 is 0. The Morgan fingerprint density at radius 3 is 2.81 bits per heavy atom. The van der Waals surface area contributed by atoms with Crippen molar-refractivity contribution in [3.8, 4) is 0 Å². The molecular formula is C11H17BrN2OS. The number of hydrogen-bond acceptors (Lipinski definition) is 3. The quantitative estimate of drug-likeness (QED) is 0.849. The van der Waals surface area contributed by atoms with E-state index in [-0.39, 0.29) is 11.4 Å². The van der Waals surface area contributed by atoms with Gasteiger partial charge in [-0.3, -0.25) is 4.79 Å². The number of carbonyl (C=O) groups is 1. The molecule has 5 heteroatoms. The lowest BCUT2D eigenvalue weighted by Crippen LogP contribution is -2.45. The van der Waals surface area contributed by atoms with Crippen LogP contribution in [0.25, 0.3) is 0 Å². The number of aromatic nitrogens is 1. The Bertz CT molecular complexity index is 367. The minimum atomic E-state index is -0.155. The molecule has 90 valence electrons. The summed E-state index contributed by atoms with van der Waals surface area (Å²) in [7, 11) is 0. The number of carbonyl (C=O) groups excluding carboxylic acids is 1. The van der Waals surface area contributed by atoms with E-state index in [0.29, 0.717) is 5.69 Å². The Morgan fingerprint density at radius 1 is 1.69 bits per heavy atom. The maximum atomic E-state index is 11.9. The molecule has 0 aromatic carbocycles. The molecule has 0 saturated carbocycles. The Balaban J connectivity index is 2.69. The van der Waals surface area contributed by atoms with Crippen molar-refractivity contribution in [1.29, 1.82) is 0 Å². The molecule has 1 rings (SSSR count). The number of aryl methyl sites for hydroxylation is 1. The monoisotopic (exact) mass is 304 g/mol. The molecule has 0 aliphatic rings. The van der Waals surface area contributed by atoms with Gasteiger partial charge in [0.1, 0.15) is 5.69 Å². The highest BCUT2D eigenvalue weighted by Crippen LogP contribution is 2.17. The lowest BCUT2D eigenvalue weighted by atomic mass is 9.95. The molecule has 0 fully saturated rings. The molecular weight excluding hydrogens is 288 g/mol. The van der Waals surface area contributed by atoms with Crippen LogP contribution in [0.1, 0.15) is 42.2 Å². The van der Waals surface area contributed by atoms with Crippen LogP contribution in [-0.4, -0.2) is 21.8 Å². The molecule has 1 aromatic rings. The SMILES string of the molecule is CCC(C)(CCBr)NC(=O)c1csc(C)n1. The second kappa shape index (κ2) is 5.77. The van der Waals surface area contributed by atoms with Crippen LogP contribution in [0.4, 0.5) is 0 Å². The molecule has 1 heterocycles. The lowest BCUT2D eigenvalue weighted by Gasteiger charge is -2.28. The number of rotatable bonds is 5. The number of halogens is 1. The van der Waals surface area contributed by atoms with Crippen molar-refractivity contribution >= 4 is 33.2 Å². The van der Waals surface area contributed by atoms with Crippen molar-refractivity contribution in [2.45, 2.75) is 39.2 Å². The third-order valence-electron chi connectivity index (χ3n) is 2.69. The summed E-state index contributed by atoms with van der Waals surface area (Å²) in [6, 6.07) is 0. The highest BCUT2D eigenvalue weighted by Gasteiger charge is 2.24. The summed E-state index contributed by atoms with van der Waals surface area (Å²) >= 11 is 4.91. The standard InChI is InChI=1S/C11H17BrN2OS/c1-4-11(3,5-6-12)14-10(15)9-7-16-8(2)13-9/h7H,4-6H2,1-3H3,(H,14,15). The number of amides is 1. The second-order valence-corrected chi connectivity index (χ2v) is 5.91.